The third-order valence-corrected chi connectivity index (χ3v) is 5.29. The molecule has 1 aromatic rings. The third kappa shape index (κ3) is 3.34. The molecule has 0 aromatic carbocycles. The highest BCUT2D eigenvalue weighted by molar-refractivity contribution is 9.13. The summed E-state index contributed by atoms with van der Waals surface area (Å²) in [5, 5.41) is 0. The lowest BCUT2D eigenvalue weighted by Crippen LogP contribution is -2.42. The molecule has 0 aliphatic carbocycles. The van der Waals surface area contributed by atoms with Gasteiger partial charge in [-0.25, -0.2) is 0 Å². The molecular weight excluding hydrogens is 348 g/mol. The minimum absolute atomic E-state index is 0.616. The molecular formula is C12H18Br2N2O. The highest BCUT2D eigenvalue weighted by Crippen LogP contribution is 2.29. The van der Waals surface area contributed by atoms with Crippen molar-refractivity contribution in [3.63, 3.8) is 0 Å². The molecule has 2 heterocycles. The van der Waals surface area contributed by atoms with Crippen LogP contribution < -0.4 is 5.73 Å². The molecule has 5 heteroatoms. The van der Waals surface area contributed by atoms with Crippen molar-refractivity contribution in [2.75, 3.05) is 19.6 Å². The van der Waals surface area contributed by atoms with Gasteiger partial charge >= 0.3 is 0 Å². The molecule has 2 atom stereocenters. The number of piperidine rings is 1. The van der Waals surface area contributed by atoms with Gasteiger partial charge < -0.3 is 10.2 Å². The van der Waals surface area contributed by atoms with Crippen molar-refractivity contribution in [3.05, 3.63) is 21.0 Å². The first kappa shape index (κ1) is 13.6. The van der Waals surface area contributed by atoms with Gasteiger partial charge in [0, 0.05) is 6.54 Å². The lowest BCUT2D eigenvalue weighted by atomic mass is 9.87. The number of furan rings is 1. The third-order valence-electron chi connectivity index (χ3n) is 3.58. The van der Waals surface area contributed by atoms with E-state index < -0.39 is 0 Å². The van der Waals surface area contributed by atoms with E-state index in [2.05, 4.69) is 43.7 Å². The van der Waals surface area contributed by atoms with Crippen molar-refractivity contribution < 1.29 is 4.42 Å². The lowest BCUT2D eigenvalue weighted by Gasteiger charge is -2.36. The number of halogens is 2. The summed E-state index contributed by atoms with van der Waals surface area (Å²) < 4.78 is 7.36. The molecule has 1 fully saturated rings. The standard InChI is InChI=1S/C12H18Br2N2O/c1-8-2-3-16(6-9(8)5-15)7-10-4-11(13)12(14)17-10/h4,8-9H,2-3,5-7,15H2,1H3. The van der Waals surface area contributed by atoms with Crippen molar-refractivity contribution in [1.29, 1.82) is 0 Å². The highest BCUT2D eigenvalue weighted by Gasteiger charge is 2.25. The van der Waals surface area contributed by atoms with Gasteiger partial charge in [0.05, 0.1) is 11.0 Å². The zero-order chi connectivity index (χ0) is 12.4. The van der Waals surface area contributed by atoms with Gasteiger partial charge in [0.25, 0.3) is 0 Å². The smallest absolute Gasteiger partial charge is 0.183 e. The van der Waals surface area contributed by atoms with E-state index in [1.54, 1.807) is 0 Å². The average molecular weight is 366 g/mol. The van der Waals surface area contributed by atoms with Gasteiger partial charge in [-0.15, -0.1) is 0 Å². The van der Waals surface area contributed by atoms with Crippen LogP contribution in [0.4, 0.5) is 0 Å². The van der Waals surface area contributed by atoms with E-state index >= 15 is 0 Å². The molecule has 1 aromatic heterocycles. The molecule has 17 heavy (non-hydrogen) atoms. The topological polar surface area (TPSA) is 42.4 Å². The Labute approximate surface area is 119 Å². The van der Waals surface area contributed by atoms with Crippen LogP contribution in [-0.2, 0) is 6.54 Å². The zero-order valence-corrected chi connectivity index (χ0v) is 13.1. The Morgan fingerprint density at radius 3 is 2.88 bits per heavy atom. The second-order valence-electron chi connectivity index (χ2n) is 4.83. The van der Waals surface area contributed by atoms with E-state index in [1.807, 2.05) is 6.07 Å². The Morgan fingerprint density at radius 1 is 1.53 bits per heavy atom. The van der Waals surface area contributed by atoms with E-state index in [9.17, 15) is 0 Å². The molecule has 2 N–H and O–H groups in total. The number of hydrogen-bond acceptors (Lipinski definition) is 3. The Bertz CT molecular complexity index is 361. The van der Waals surface area contributed by atoms with E-state index in [-0.39, 0.29) is 0 Å². The van der Waals surface area contributed by atoms with Crippen molar-refractivity contribution in [2.24, 2.45) is 17.6 Å². The Hall–Kier alpha value is 0.160. The fraction of sp³-hybridized carbons (Fsp3) is 0.667. The summed E-state index contributed by atoms with van der Waals surface area (Å²) in [4.78, 5) is 2.43. The molecule has 0 radical (unpaired) electrons. The van der Waals surface area contributed by atoms with Crippen molar-refractivity contribution in [3.8, 4) is 0 Å². The summed E-state index contributed by atoms with van der Waals surface area (Å²) in [7, 11) is 0. The van der Waals surface area contributed by atoms with Crippen LogP contribution in [0.3, 0.4) is 0 Å². The molecule has 2 rings (SSSR count). The summed E-state index contributed by atoms with van der Waals surface area (Å²) in [5.74, 6) is 2.35. The first-order valence-corrected chi connectivity index (χ1v) is 7.55. The lowest BCUT2D eigenvalue weighted by molar-refractivity contribution is 0.118. The monoisotopic (exact) mass is 364 g/mol. The summed E-state index contributed by atoms with van der Waals surface area (Å²) in [6.45, 7) is 6.16. The maximum Gasteiger partial charge on any atom is 0.183 e. The molecule has 1 saturated heterocycles. The number of nitrogens with two attached hydrogens (primary N) is 1. The fourth-order valence-electron chi connectivity index (χ4n) is 2.36. The minimum Gasteiger partial charge on any atom is -0.452 e. The molecule has 0 saturated carbocycles. The molecule has 2 unspecified atom stereocenters. The second-order valence-corrected chi connectivity index (χ2v) is 6.41. The van der Waals surface area contributed by atoms with Crippen LogP contribution in [0.15, 0.2) is 19.6 Å². The van der Waals surface area contributed by atoms with Crippen LogP contribution in [0, 0.1) is 11.8 Å². The van der Waals surface area contributed by atoms with Gasteiger partial charge in [-0.1, -0.05) is 6.92 Å². The largest absolute Gasteiger partial charge is 0.452 e. The number of likely N-dealkylation sites (tertiary alicyclic amines) is 1. The van der Waals surface area contributed by atoms with Crippen LogP contribution in [0.2, 0.25) is 0 Å². The predicted octanol–water partition coefficient (Wildman–Crippen LogP) is 3.22. The second kappa shape index (κ2) is 5.87. The summed E-state index contributed by atoms with van der Waals surface area (Å²) in [6, 6.07) is 2.03. The minimum atomic E-state index is 0.616. The maximum atomic E-state index is 5.81. The van der Waals surface area contributed by atoms with Crippen LogP contribution in [-0.4, -0.2) is 24.5 Å². The highest BCUT2D eigenvalue weighted by atomic mass is 79.9. The first-order chi connectivity index (χ1) is 8.10. The summed E-state index contributed by atoms with van der Waals surface area (Å²) >= 11 is 6.80. The van der Waals surface area contributed by atoms with Gasteiger partial charge in [0.2, 0.25) is 0 Å². The molecule has 96 valence electrons. The van der Waals surface area contributed by atoms with Gasteiger partial charge in [0.15, 0.2) is 4.67 Å². The normalized spacial score (nSPS) is 26.4. The van der Waals surface area contributed by atoms with Crippen molar-refractivity contribution in [1.82, 2.24) is 4.90 Å². The van der Waals surface area contributed by atoms with Crippen LogP contribution >= 0.6 is 31.9 Å². The fourth-order valence-corrected chi connectivity index (χ4v) is 3.02. The molecule has 0 amide bonds. The molecule has 3 nitrogen and oxygen atoms in total. The summed E-state index contributed by atoms with van der Waals surface area (Å²) in [6.07, 6.45) is 1.23. The Kier molecular flexibility index (Phi) is 4.69. The molecule has 0 spiro atoms. The van der Waals surface area contributed by atoms with Gasteiger partial charge in [-0.2, -0.15) is 0 Å². The van der Waals surface area contributed by atoms with Crippen LogP contribution in [0.25, 0.3) is 0 Å². The predicted molar refractivity (Wildman–Crippen MR) is 75.7 cm³/mol. The SMILES string of the molecule is CC1CCN(Cc2cc(Br)c(Br)o2)CC1CN. The maximum absolute atomic E-state index is 5.81. The van der Waals surface area contributed by atoms with E-state index in [0.717, 1.165) is 47.0 Å². The summed E-state index contributed by atoms with van der Waals surface area (Å²) in [5.41, 5.74) is 5.81. The van der Waals surface area contributed by atoms with E-state index in [1.165, 1.54) is 6.42 Å². The zero-order valence-electron chi connectivity index (χ0n) is 9.96. The number of hydrogen-bond donors (Lipinski definition) is 1. The number of rotatable bonds is 3. The van der Waals surface area contributed by atoms with Crippen molar-refractivity contribution in [2.45, 2.75) is 19.9 Å². The van der Waals surface area contributed by atoms with E-state index in [0.29, 0.717) is 5.92 Å². The Morgan fingerprint density at radius 2 is 2.29 bits per heavy atom. The van der Waals surface area contributed by atoms with Crippen molar-refractivity contribution >= 4 is 31.9 Å². The molecule has 1 aliphatic rings. The van der Waals surface area contributed by atoms with Gasteiger partial charge in [-0.3, -0.25) is 4.90 Å². The Balaban J connectivity index is 1.95. The molecule has 0 bridgehead atoms. The van der Waals surface area contributed by atoms with Gasteiger partial charge in [0.1, 0.15) is 5.76 Å². The van der Waals surface area contributed by atoms with Crippen LogP contribution in [0.1, 0.15) is 19.1 Å². The quantitative estimate of drug-likeness (QED) is 0.894. The van der Waals surface area contributed by atoms with E-state index in [4.69, 9.17) is 10.2 Å². The first-order valence-electron chi connectivity index (χ1n) is 5.96. The average Bonchev–Trinajstić information content (AvgIpc) is 2.61. The van der Waals surface area contributed by atoms with Crippen LogP contribution in [0.5, 0.6) is 0 Å². The molecule has 1 aliphatic heterocycles. The van der Waals surface area contributed by atoms with Gasteiger partial charge in [-0.05, 0) is 69.3 Å². The number of nitrogens with zero attached hydrogens (tertiary/aromatic N) is 1.